The van der Waals surface area contributed by atoms with Crippen molar-refractivity contribution in [1.29, 1.82) is 0 Å². The summed E-state index contributed by atoms with van der Waals surface area (Å²) in [5.74, 6) is -0.446. The van der Waals surface area contributed by atoms with E-state index in [1.165, 1.54) is 0 Å². The Bertz CT molecular complexity index is 726. The van der Waals surface area contributed by atoms with Crippen molar-refractivity contribution in [3.63, 3.8) is 0 Å². The minimum absolute atomic E-state index is 0.0114. The predicted molar refractivity (Wildman–Crippen MR) is 143 cm³/mol. The molecule has 9 heteroatoms. The molecule has 0 saturated carbocycles. The van der Waals surface area contributed by atoms with Gasteiger partial charge >= 0.3 is 5.97 Å². The molecule has 0 saturated heterocycles. The maximum Gasteiger partial charge on any atom is 0.305 e. The normalized spacial score (nSPS) is 15.4. The van der Waals surface area contributed by atoms with Crippen molar-refractivity contribution in [1.82, 2.24) is 0 Å². The predicted octanol–water partition coefficient (Wildman–Crippen LogP) is 5.12. The topological polar surface area (TPSA) is 94.1 Å². The molecule has 0 fully saturated rings. The summed E-state index contributed by atoms with van der Waals surface area (Å²) in [7, 11) is 1.30. The Morgan fingerprint density at radius 2 is 1.44 bits per heavy atom. The number of nitrogens with zero attached hydrogens (tertiary/aromatic N) is 1. The molecular formula is C27H48NO7P. The zero-order chi connectivity index (χ0) is 27.1. The van der Waals surface area contributed by atoms with Gasteiger partial charge in [-0.3, -0.25) is 9.36 Å². The van der Waals surface area contributed by atoms with E-state index in [1.54, 1.807) is 6.92 Å². The van der Waals surface area contributed by atoms with Gasteiger partial charge in [-0.1, -0.05) is 62.5 Å². The molecule has 0 amide bonds. The summed E-state index contributed by atoms with van der Waals surface area (Å²) in [6, 6.07) is 0. The van der Waals surface area contributed by atoms with Crippen LogP contribution >= 0.6 is 7.82 Å². The summed E-state index contributed by atoms with van der Waals surface area (Å²) < 4.78 is 33.2. The first-order valence-electron chi connectivity index (χ1n) is 12.9. The molecule has 0 aliphatic rings. The van der Waals surface area contributed by atoms with Crippen LogP contribution in [0.15, 0.2) is 48.6 Å². The lowest BCUT2D eigenvalue weighted by Crippen LogP contribution is -2.37. The number of esters is 1. The number of carbonyl (C=O) groups is 1. The zero-order valence-electron chi connectivity index (χ0n) is 22.9. The third-order valence-electron chi connectivity index (χ3n) is 4.70. The van der Waals surface area contributed by atoms with Crippen LogP contribution < -0.4 is 4.89 Å². The van der Waals surface area contributed by atoms with Crippen molar-refractivity contribution in [2.45, 2.75) is 64.9 Å². The molecule has 0 aliphatic carbocycles. The number of unbranched alkanes of at least 4 members (excludes halogenated alkanes) is 1. The van der Waals surface area contributed by atoms with Gasteiger partial charge in [0.25, 0.3) is 7.82 Å². The lowest BCUT2D eigenvalue weighted by molar-refractivity contribution is -0.870. The monoisotopic (exact) mass is 529 g/mol. The summed E-state index contributed by atoms with van der Waals surface area (Å²) in [4.78, 5) is 23.6. The molecule has 208 valence electrons. The number of phosphoric ester groups is 1. The molecule has 0 heterocycles. The molecule has 0 rings (SSSR count). The molecule has 0 aromatic heterocycles. The average molecular weight is 530 g/mol. The van der Waals surface area contributed by atoms with Crippen molar-refractivity contribution < 1.29 is 37.3 Å². The molecule has 0 aromatic carbocycles. The number of allylic oxidation sites excluding steroid dienone is 8. The van der Waals surface area contributed by atoms with E-state index in [-0.39, 0.29) is 26.2 Å². The van der Waals surface area contributed by atoms with Crippen LogP contribution in [0.25, 0.3) is 0 Å². The van der Waals surface area contributed by atoms with Crippen LogP contribution in [0.1, 0.15) is 58.8 Å². The summed E-state index contributed by atoms with van der Waals surface area (Å²) in [5.41, 5.74) is 0. The Balaban J connectivity index is 4.14. The number of phosphoric acid groups is 1. The van der Waals surface area contributed by atoms with E-state index in [9.17, 15) is 14.3 Å². The van der Waals surface area contributed by atoms with Crippen LogP contribution in [0, 0.1) is 0 Å². The molecule has 8 nitrogen and oxygen atoms in total. The molecule has 36 heavy (non-hydrogen) atoms. The second kappa shape index (κ2) is 21.5. The fraction of sp³-hybridized carbons (Fsp3) is 0.667. The van der Waals surface area contributed by atoms with Gasteiger partial charge in [0.1, 0.15) is 19.3 Å². The Hall–Kier alpha value is -1.54. The first kappa shape index (κ1) is 34.5. The van der Waals surface area contributed by atoms with Gasteiger partial charge < -0.3 is 27.9 Å². The number of rotatable bonds is 22. The SMILES string of the molecule is CC/C=C\C/C=C\C/C=C\C/C=C\CCCOCC(COP(=O)([O-])OCC[N+](C)(C)C)OC(=O)CC. The number of hydrogen-bond donors (Lipinski definition) is 0. The van der Waals surface area contributed by atoms with E-state index in [1.807, 2.05) is 21.1 Å². The van der Waals surface area contributed by atoms with Crippen LogP contribution in [-0.2, 0) is 27.9 Å². The highest BCUT2D eigenvalue weighted by Gasteiger charge is 2.19. The molecule has 0 bridgehead atoms. The third-order valence-corrected chi connectivity index (χ3v) is 5.66. The number of likely N-dealkylation sites (N-methyl/N-ethyl adjacent to an activating group) is 1. The number of carbonyl (C=O) groups excluding carboxylic acids is 1. The molecular weight excluding hydrogens is 481 g/mol. The van der Waals surface area contributed by atoms with E-state index in [0.29, 0.717) is 17.6 Å². The summed E-state index contributed by atoms with van der Waals surface area (Å²) in [6.07, 6.45) is 22.1. The summed E-state index contributed by atoms with van der Waals surface area (Å²) in [6.45, 7) is 4.49. The van der Waals surface area contributed by atoms with Gasteiger partial charge in [0.05, 0.1) is 34.4 Å². The highest BCUT2D eigenvalue weighted by molar-refractivity contribution is 7.45. The second-order valence-electron chi connectivity index (χ2n) is 9.27. The van der Waals surface area contributed by atoms with Gasteiger partial charge in [-0.15, -0.1) is 0 Å². The smallest absolute Gasteiger partial charge is 0.305 e. The van der Waals surface area contributed by atoms with Crippen molar-refractivity contribution in [3.8, 4) is 0 Å². The molecule has 0 spiro atoms. The number of ether oxygens (including phenoxy) is 2. The fourth-order valence-electron chi connectivity index (χ4n) is 2.64. The summed E-state index contributed by atoms with van der Waals surface area (Å²) >= 11 is 0. The largest absolute Gasteiger partial charge is 0.756 e. The quantitative estimate of drug-likeness (QED) is 0.0632. The van der Waals surface area contributed by atoms with E-state index in [4.69, 9.17) is 18.5 Å². The third kappa shape index (κ3) is 24.2. The zero-order valence-corrected chi connectivity index (χ0v) is 23.8. The molecule has 2 atom stereocenters. The van der Waals surface area contributed by atoms with Gasteiger partial charge in [-0.05, 0) is 38.5 Å². The first-order chi connectivity index (χ1) is 17.1. The average Bonchev–Trinajstić information content (AvgIpc) is 2.81. The van der Waals surface area contributed by atoms with Crippen LogP contribution in [0.4, 0.5) is 0 Å². The van der Waals surface area contributed by atoms with Crippen molar-refractivity contribution in [2.75, 3.05) is 54.1 Å². The molecule has 0 aromatic rings. The fourth-order valence-corrected chi connectivity index (χ4v) is 3.37. The van der Waals surface area contributed by atoms with E-state index in [0.717, 1.165) is 38.5 Å². The number of quaternary nitrogens is 1. The Kier molecular flexibility index (Phi) is 20.6. The molecule has 0 aliphatic heterocycles. The van der Waals surface area contributed by atoms with Gasteiger partial charge in [0, 0.05) is 13.0 Å². The van der Waals surface area contributed by atoms with Gasteiger partial charge in [-0.2, -0.15) is 0 Å². The number of hydrogen-bond acceptors (Lipinski definition) is 7. The highest BCUT2D eigenvalue weighted by Crippen LogP contribution is 2.38. The molecule has 0 N–H and O–H groups in total. The van der Waals surface area contributed by atoms with E-state index >= 15 is 0 Å². The van der Waals surface area contributed by atoms with Gasteiger partial charge in [0.2, 0.25) is 0 Å². The maximum atomic E-state index is 12.0. The van der Waals surface area contributed by atoms with Gasteiger partial charge in [-0.25, -0.2) is 0 Å². The highest BCUT2D eigenvalue weighted by atomic mass is 31.2. The van der Waals surface area contributed by atoms with Crippen LogP contribution in [0.3, 0.4) is 0 Å². The Morgan fingerprint density at radius 3 is 2.00 bits per heavy atom. The molecule has 0 radical (unpaired) electrons. The lowest BCUT2D eigenvalue weighted by atomic mass is 10.2. The van der Waals surface area contributed by atoms with E-state index < -0.39 is 19.9 Å². The van der Waals surface area contributed by atoms with E-state index in [2.05, 4.69) is 55.5 Å². The second-order valence-corrected chi connectivity index (χ2v) is 10.7. The van der Waals surface area contributed by atoms with Crippen LogP contribution in [-0.4, -0.2) is 70.7 Å². The lowest BCUT2D eigenvalue weighted by Gasteiger charge is -2.28. The van der Waals surface area contributed by atoms with Crippen LogP contribution in [0.2, 0.25) is 0 Å². The van der Waals surface area contributed by atoms with Crippen molar-refractivity contribution >= 4 is 13.8 Å². The standard InChI is InChI=1S/C27H48NO7P/c1-6-8-9-10-11-12-13-14-15-16-17-18-19-20-22-32-24-26(35-27(29)7-2)25-34-36(30,31)33-23-21-28(3,4)5/h8-9,11-12,14-15,17-18,26H,6-7,10,13,16,19-25H2,1-5H3/b9-8-,12-11-,15-14-,18-17-. The maximum absolute atomic E-state index is 12.0. The van der Waals surface area contributed by atoms with Crippen molar-refractivity contribution in [2.24, 2.45) is 0 Å². The van der Waals surface area contributed by atoms with Crippen molar-refractivity contribution in [3.05, 3.63) is 48.6 Å². The Labute approximate surface area is 218 Å². The molecule has 2 unspecified atom stereocenters. The first-order valence-corrected chi connectivity index (χ1v) is 14.3. The van der Waals surface area contributed by atoms with Gasteiger partial charge in [0.15, 0.2) is 0 Å². The summed E-state index contributed by atoms with van der Waals surface area (Å²) in [5, 5.41) is 0. The minimum atomic E-state index is -4.49. The Morgan fingerprint density at radius 1 is 0.861 bits per heavy atom. The minimum Gasteiger partial charge on any atom is -0.756 e. The van der Waals surface area contributed by atoms with Crippen LogP contribution in [0.5, 0.6) is 0 Å².